The summed E-state index contributed by atoms with van der Waals surface area (Å²) in [7, 11) is 1.77. The fourth-order valence-electron chi connectivity index (χ4n) is 3.79. The first-order valence-electron chi connectivity index (χ1n) is 10.5. The molecule has 1 aromatic carbocycles. The lowest BCUT2D eigenvalue weighted by Gasteiger charge is -2.37. The fourth-order valence-corrected chi connectivity index (χ4v) is 3.79. The molecule has 0 radical (unpaired) electrons. The van der Waals surface area contributed by atoms with Crippen molar-refractivity contribution in [3.8, 4) is 11.5 Å². The Balaban J connectivity index is 1.52. The van der Waals surface area contributed by atoms with Gasteiger partial charge in [-0.1, -0.05) is 0 Å². The van der Waals surface area contributed by atoms with Crippen molar-refractivity contribution < 1.29 is 23.8 Å². The third kappa shape index (κ3) is 5.78. The van der Waals surface area contributed by atoms with E-state index in [1.165, 1.54) is 0 Å². The maximum atomic E-state index is 12.8. The zero-order valence-electron chi connectivity index (χ0n) is 18.6. The maximum Gasteiger partial charge on any atom is 0.410 e. The van der Waals surface area contributed by atoms with E-state index in [1.807, 2.05) is 33.8 Å². The van der Waals surface area contributed by atoms with Crippen LogP contribution in [0.4, 0.5) is 10.5 Å². The molecule has 2 atom stereocenters. The predicted octanol–water partition coefficient (Wildman–Crippen LogP) is 3.32. The van der Waals surface area contributed by atoms with Gasteiger partial charge >= 0.3 is 6.09 Å². The molecule has 8 nitrogen and oxygen atoms in total. The van der Waals surface area contributed by atoms with Crippen LogP contribution in [0.3, 0.4) is 0 Å². The van der Waals surface area contributed by atoms with Crippen LogP contribution in [-0.4, -0.2) is 66.9 Å². The summed E-state index contributed by atoms with van der Waals surface area (Å²) in [5.41, 5.74) is 0.181. The Morgan fingerprint density at radius 1 is 1.30 bits per heavy atom. The minimum absolute atomic E-state index is 0.0602. The van der Waals surface area contributed by atoms with Gasteiger partial charge in [0, 0.05) is 31.9 Å². The molecule has 30 heavy (non-hydrogen) atoms. The van der Waals surface area contributed by atoms with E-state index in [4.69, 9.17) is 14.2 Å². The number of nitrogens with zero attached hydrogens (tertiary/aromatic N) is 2. The van der Waals surface area contributed by atoms with Gasteiger partial charge in [-0.25, -0.2) is 4.79 Å². The Bertz CT molecular complexity index is 777. The number of rotatable bonds is 5. The van der Waals surface area contributed by atoms with Crippen molar-refractivity contribution in [3.63, 3.8) is 0 Å². The van der Waals surface area contributed by atoms with Crippen molar-refractivity contribution in [2.75, 3.05) is 38.8 Å². The zero-order chi connectivity index (χ0) is 21.9. The third-order valence-corrected chi connectivity index (χ3v) is 5.35. The van der Waals surface area contributed by atoms with Crippen molar-refractivity contribution >= 4 is 17.7 Å². The predicted molar refractivity (Wildman–Crippen MR) is 114 cm³/mol. The zero-order valence-corrected chi connectivity index (χ0v) is 18.6. The number of hydrogen-bond acceptors (Lipinski definition) is 6. The summed E-state index contributed by atoms with van der Waals surface area (Å²) >= 11 is 0. The lowest BCUT2D eigenvalue weighted by atomic mass is 9.96. The summed E-state index contributed by atoms with van der Waals surface area (Å²) in [5, 5.41) is 2.97. The lowest BCUT2D eigenvalue weighted by molar-refractivity contribution is -0.121. The summed E-state index contributed by atoms with van der Waals surface area (Å²) in [6.45, 7) is 9.95. The molecule has 2 amide bonds. The Morgan fingerprint density at radius 2 is 2.03 bits per heavy atom. The van der Waals surface area contributed by atoms with Crippen molar-refractivity contribution in [2.45, 2.75) is 52.2 Å². The van der Waals surface area contributed by atoms with Crippen LogP contribution in [0.15, 0.2) is 18.2 Å². The van der Waals surface area contributed by atoms with E-state index < -0.39 is 5.60 Å². The van der Waals surface area contributed by atoms with E-state index in [0.29, 0.717) is 29.6 Å². The molecule has 2 heterocycles. The molecule has 2 aliphatic heterocycles. The Labute approximate surface area is 178 Å². The van der Waals surface area contributed by atoms with Crippen molar-refractivity contribution in [1.29, 1.82) is 0 Å². The van der Waals surface area contributed by atoms with E-state index in [0.717, 1.165) is 25.9 Å². The standard InChI is InChI=1S/C22H33N3O5/c1-15(20(26)23-17-8-9-18-19(11-17)29-14-28-18)25-10-6-7-16(13-25)12-24(5)21(27)30-22(2,3)4/h8-9,11,15-16H,6-7,10,12-14H2,1-5H3,(H,23,26). The minimum Gasteiger partial charge on any atom is -0.454 e. The average Bonchev–Trinajstić information content (AvgIpc) is 3.14. The molecule has 3 rings (SSSR count). The molecule has 0 spiro atoms. The second-order valence-corrected chi connectivity index (χ2v) is 9.10. The molecule has 0 aromatic heterocycles. The van der Waals surface area contributed by atoms with E-state index >= 15 is 0 Å². The van der Waals surface area contributed by atoms with Gasteiger partial charge in [0.05, 0.1) is 6.04 Å². The first-order chi connectivity index (χ1) is 14.1. The van der Waals surface area contributed by atoms with E-state index in [9.17, 15) is 9.59 Å². The third-order valence-electron chi connectivity index (χ3n) is 5.35. The van der Waals surface area contributed by atoms with Gasteiger partial charge < -0.3 is 24.4 Å². The van der Waals surface area contributed by atoms with Crippen molar-refractivity contribution in [1.82, 2.24) is 9.80 Å². The number of nitrogens with one attached hydrogen (secondary N) is 1. The number of benzene rings is 1. The first kappa shape index (κ1) is 22.2. The van der Waals surface area contributed by atoms with Crippen LogP contribution < -0.4 is 14.8 Å². The number of hydrogen-bond donors (Lipinski definition) is 1. The topological polar surface area (TPSA) is 80.3 Å². The highest BCUT2D eigenvalue weighted by Gasteiger charge is 2.30. The summed E-state index contributed by atoms with van der Waals surface area (Å²) in [6, 6.07) is 5.12. The summed E-state index contributed by atoms with van der Waals surface area (Å²) in [4.78, 5) is 28.9. The maximum absolute atomic E-state index is 12.8. The van der Waals surface area contributed by atoms with Gasteiger partial charge in [-0.15, -0.1) is 0 Å². The van der Waals surface area contributed by atoms with Crippen LogP contribution in [0, 0.1) is 5.92 Å². The molecule has 1 saturated heterocycles. The molecule has 1 N–H and O–H groups in total. The van der Waals surface area contributed by atoms with Crippen molar-refractivity contribution in [3.05, 3.63) is 18.2 Å². The first-order valence-corrected chi connectivity index (χ1v) is 10.5. The van der Waals surface area contributed by atoms with Gasteiger partial charge in [-0.3, -0.25) is 9.69 Å². The molecule has 2 aliphatic rings. The second kappa shape index (κ2) is 9.12. The molecular formula is C22H33N3O5. The van der Waals surface area contributed by atoms with Crippen molar-refractivity contribution in [2.24, 2.45) is 5.92 Å². The monoisotopic (exact) mass is 419 g/mol. The number of fused-ring (bicyclic) bond motifs is 1. The SMILES string of the molecule is CC(C(=O)Nc1ccc2c(c1)OCO2)N1CCCC(CN(C)C(=O)OC(C)(C)C)C1. The van der Waals surface area contributed by atoms with Gasteiger partial charge in [-0.2, -0.15) is 0 Å². The summed E-state index contributed by atoms with van der Waals surface area (Å²) in [6.07, 6.45) is 1.71. The lowest BCUT2D eigenvalue weighted by Crippen LogP contribution is -2.49. The van der Waals surface area contributed by atoms with E-state index in [2.05, 4.69) is 10.2 Å². The van der Waals surface area contributed by atoms with Crippen LogP contribution in [0.1, 0.15) is 40.5 Å². The Hall–Kier alpha value is -2.48. The van der Waals surface area contributed by atoms with Gasteiger partial charge in [0.15, 0.2) is 11.5 Å². The summed E-state index contributed by atoms with van der Waals surface area (Å²) in [5.74, 6) is 1.57. The van der Waals surface area contributed by atoms with Crippen LogP contribution in [0.5, 0.6) is 11.5 Å². The van der Waals surface area contributed by atoms with Gasteiger partial charge in [0.1, 0.15) is 5.60 Å². The summed E-state index contributed by atoms with van der Waals surface area (Å²) < 4.78 is 16.1. The van der Waals surface area contributed by atoms with Crippen LogP contribution >= 0.6 is 0 Å². The number of likely N-dealkylation sites (tertiary alicyclic amines) is 1. The van der Waals surface area contributed by atoms with Gasteiger partial charge in [0.25, 0.3) is 0 Å². The molecule has 8 heteroatoms. The molecule has 1 aromatic rings. The number of carbonyl (C=O) groups is 2. The molecule has 166 valence electrons. The molecule has 0 aliphatic carbocycles. The Morgan fingerprint density at radius 3 is 2.77 bits per heavy atom. The van der Waals surface area contributed by atoms with Crippen LogP contribution in [0.25, 0.3) is 0 Å². The highest BCUT2D eigenvalue weighted by molar-refractivity contribution is 5.94. The number of anilines is 1. The van der Waals surface area contributed by atoms with E-state index in [1.54, 1.807) is 24.1 Å². The highest BCUT2D eigenvalue weighted by Crippen LogP contribution is 2.34. The number of piperidine rings is 1. The molecule has 2 unspecified atom stereocenters. The molecular weight excluding hydrogens is 386 g/mol. The molecule has 0 bridgehead atoms. The Kier molecular flexibility index (Phi) is 6.75. The van der Waals surface area contributed by atoms with Crippen LogP contribution in [0.2, 0.25) is 0 Å². The van der Waals surface area contributed by atoms with Gasteiger partial charge in [-0.05, 0) is 65.1 Å². The molecule has 1 fully saturated rings. The van der Waals surface area contributed by atoms with E-state index in [-0.39, 0.29) is 24.8 Å². The number of ether oxygens (including phenoxy) is 3. The second-order valence-electron chi connectivity index (χ2n) is 9.10. The number of amides is 2. The molecule has 0 saturated carbocycles. The van der Waals surface area contributed by atoms with Crippen LogP contribution in [-0.2, 0) is 9.53 Å². The largest absolute Gasteiger partial charge is 0.454 e. The van der Waals surface area contributed by atoms with Gasteiger partial charge in [0.2, 0.25) is 12.7 Å². The highest BCUT2D eigenvalue weighted by atomic mass is 16.7. The average molecular weight is 420 g/mol. The number of carbonyl (C=O) groups excluding carboxylic acids is 2. The minimum atomic E-state index is -0.509. The fraction of sp³-hybridized carbons (Fsp3) is 0.636. The normalized spacial score (nSPS) is 19.8. The quantitative estimate of drug-likeness (QED) is 0.789. The smallest absolute Gasteiger partial charge is 0.410 e.